The van der Waals surface area contributed by atoms with E-state index in [9.17, 15) is 19.1 Å². The number of amides is 1. The summed E-state index contributed by atoms with van der Waals surface area (Å²) in [4.78, 5) is 24.0. The van der Waals surface area contributed by atoms with Crippen LogP contribution in [0, 0.1) is 11.7 Å². The average molecular weight is 451 g/mol. The topological polar surface area (TPSA) is 84.9 Å². The first-order valence-corrected chi connectivity index (χ1v) is 10.6. The minimum atomic E-state index is -0.842. The minimum Gasteiger partial charge on any atom is -0.495 e. The van der Waals surface area contributed by atoms with Crippen molar-refractivity contribution in [2.75, 3.05) is 12.4 Å². The Morgan fingerprint density at radius 2 is 1.58 bits per heavy atom. The molecule has 0 heterocycles. The highest BCUT2D eigenvalue weighted by Crippen LogP contribution is 2.28. The lowest BCUT2D eigenvalue weighted by Gasteiger charge is -2.14. The van der Waals surface area contributed by atoms with Crippen LogP contribution in [0.2, 0.25) is 0 Å². The molecule has 0 aliphatic rings. The normalized spacial score (nSPS) is 11.5. The second-order valence-electron chi connectivity index (χ2n) is 7.61. The number of carboxylic acids is 1. The standard InChI is InChI=1S/C26H26FNO5/c1-3-19(26(30)31)14-18-6-13-24(32-2)23(15-18)28-25(29)16-17-4-9-21(10-5-17)33-22-11-7-20(27)8-12-22/h4-13,15,19H,3,14,16H2,1-2H3,(H,28,29)(H,30,31). The van der Waals surface area contributed by atoms with Gasteiger partial charge in [-0.05, 0) is 72.5 Å². The number of carboxylic acid groups (broad SMARTS) is 1. The molecule has 0 aromatic heterocycles. The third kappa shape index (κ3) is 6.80. The molecule has 0 radical (unpaired) electrons. The van der Waals surface area contributed by atoms with Gasteiger partial charge in [0.05, 0.1) is 25.1 Å². The molecule has 0 spiro atoms. The molecule has 0 saturated carbocycles. The largest absolute Gasteiger partial charge is 0.495 e. The van der Waals surface area contributed by atoms with E-state index >= 15 is 0 Å². The number of benzene rings is 3. The summed E-state index contributed by atoms with van der Waals surface area (Å²) in [5, 5.41) is 12.2. The summed E-state index contributed by atoms with van der Waals surface area (Å²) in [5.74, 6) is -0.311. The zero-order chi connectivity index (χ0) is 23.8. The number of methoxy groups -OCH3 is 1. The summed E-state index contributed by atoms with van der Waals surface area (Å²) in [6.45, 7) is 1.83. The van der Waals surface area contributed by atoms with E-state index in [1.165, 1.54) is 31.4 Å². The molecule has 0 saturated heterocycles. The molecule has 0 aliphatic heterocycles. The van der Waals surface area contributed by atoms with E-state index in [0.29, 0.717) is 35.8 Å². The molecule has 2 N–H and O–H groups in total. The van der Waals surface area contributed by atoms with Gasteiger partial charge >= 0.3 is 5.97 Å². The fourth-order valence-electron chi connectivity index (χ4n) is 3.36. The lowest BCUT2D eigenvalue weighted by atomic mass is 9.96. The predicted molar refractivity (Wildman–Crippen MR) is 123 cm³/mol. The highest BCUT2D eigenvalue weighted by atomic mass is 19.1. The van der Waals surface area contributed by atoms with Crippen molar-refractivity contribution in [1.82, 2.24) is 0 Å². The van der Waals surface area contributed by atoms with Crippen molar-refractivity contribution in [2.24, 2.45) is 5.92 Å². The summed E-state index contributed by atoms with van der Waals surface area (Å²) in [6, 6.07) is 18.0. The second kappa shape index (κ2) is 11.1. The van der Waals surface area contributed by atoms with Crippen LogP contribution in [0.1, 0.15) is 24.5 Å². The van der Waals surface area contributed by atoms with Gasteiger partial charge in [-0.25, -0.2) is 4.39 Å². The summed E-state index contributed by atoms with van der Waals surface area (Å²) in [5.41, 5.74) is 2.09. The molecule has 7 heteroatoms. The fraction of sp³-hybridized carbons (Fsp3) is 0.231. The van der Waals surface area contributed by atoms with Crippen molar-refractivity contribution in [3.63, 3.8) is 0 Å². The van der Waals surface area contributed by atoms with Gasteiger partial charge < -0.3 is 19.9 Å². The number of rotatable bonds is 10. The first-order chi connectivity index (χ1) is 15.9. The number of hydrogen-bond donors (Lipinski definition) is 2. The monoisotopic (exact) mass is 451 g/mol. The van der Waals surface area contributed by atoms with E-state index in [0.717, 1.165) is 11.1 Å². The van der Waals surface area contributed by atoms with Crippen molar-refractivity contribution >= 4 is 17.6 Å². The van der Waals surface area contributed by atoms with E-state index in [1.807, 2.05) is 6.92 Å². The van der Waals surface area contributed by atoms with Crippen molar-refractivity contribution < 1.29 is 28.6 Å². The van der Waals surface area contributed by atoms with Gasteiger partial charge in [0.25, 0.3) is 0 Å². The Labute approximate surface area is 192 Å². The highest BCUT2D eigenvalue weighted by Gasteiger charge is 2.17. The van der Waals surface area contributed by atoms with Crippen LogP contribution >= 0.6 is 0 Å². The molecule has 33 heavy (non-hydrogen) atoms. The summed E-state index contributed by atoms with van der Waals surface area (Å²) < 4.78 is 24.0. The molecule has 1 unspecified atom stereocenters. The number of carbonyl (C=O) groups is 2. The SMILES string of the molecule is CCC(Cc1ccc(OC)c(NC(=O)Cc2ccc(Oc3ccc(F)cc3)cc2)c1)C(=O)O. The lowest BCUT2D eigenvalue weighted by molar-refractivity contribution is -0.141. The maximum atomic E-state index is 13.0. The van der Waals surface area contributed by atoms with Gasteiger partial charge in [0.15, 0.2) is 0 Å². The van der Waals surface area contributed by atoms with Crippen LogP contribution in [0.25, 0.3) is 0 Å². The van der Waals surface area contributed by atoms with Gasteiger partial charge in [-0.1, -0.05) is 25.1 Å². The predicted octanol–water partition coefficient (Wildman–Crippen LogP) is 5.46. The molecule has 0 fully saturated rings. The molecule has 172 valence electrons. The third-order valence-corrected chi connectivity index (χ3v) is 5.20. The van der Waals surface area contributed by atoms with Crippen LogP contribution in [0.15, 0.2) is 66.7 Å². The molecule has 0 bridgehead atoms. The Hall–Kier alpha value is -3.87. The molecule has 3 aromatic rings. The number of carbonyl (C=O) groups excluding carboxylic acids is 1. The van der Waals surface area contributed by atoms with E-state index in [2.05, 4.69) is 5.32 Å². The van der Waals surface area contributed by atoms with Crippen LogP contribution in [0.5, 0.6) is 17.2 Å². The Kier molecular flexibility index (Phi) is 8.02. The van der Waals surface area contributed by atoms with E-state index in [4.69, 9.17) is 9.47 Å². The second-order valence-corrected chi connectivity index (χ2v) is 7.61. The zero-order valence-corrected chi connectivity index (χ0v) is 18.5. The summed E-state index contributed by atoms with van der Waals surface area (Å²) in [7, 11) is 1.51. The Bertz CT molecular complexity index is 1100. The number of aliphatic carboxylic acids is 1. The van der Waals surface area contributed by atoms with Crippen LogP contribution in [-0.2, 0) is 22.4 Å². The number of anilines is 1. The van der Waals surface area contributed by atoms with E-state index in [1.54, 1.807) is 42.5 Å². The lowest BCUT2D eigenvalue weighted by Crippen LogP contribution is -2.17. The molecular formula is C26H26FNO5. The molecule has 0 aliphatic carbocycles. The molecule has 3 aromatic carbocycles. The van der Waals surface area contributed by atoms with Gasteiger partial charge in [-0.3, -0.25) is 9.59 Å². The summed E-state index contributed by atoms with van der Waals surface area (Å²) in [6.07, 6.45) is 1.02. The molecule has 6 nitrogen and oxygen atoms in total. The van der Waals surface area contributed by atoms with Gasteiger partial charge in [0.2, 0.25) is 5.91 Å². The maximum absolute atomic E-state index is 13.0. The van der Waals surface area contributed by atoms with Crippen LogP contribution < -0.4 is 14.8 Å². The van der Waals surface area contributed by atoms with Crippen molar-refractivity contribution in [3.05, 3.63) is 83.7 Å². The Morgan fingerprint density at radius 3 is 2.15 bits per heavy atom. The van der Waals surface area contributed by atoms with Gasteiger partial charge in [-0.2, -0.15) is 0 Å². The van der Waals surface area contributed by atoms with Crippen LogP contribution in [-0.4, -0.2) is 24.1 Å². The zero-order valence-electron chi connectivity index (χ0n) is 18.5. The number of hydrogen-bond acceptors (Lipinski definition) is 4. The van der Waals surface area contributed by atoms with E-state index in [-0.39, 0.29) is 18.1 Å². The first-order valence-electron chi connectivity index (χ1n) is 10.6. The number of halogens is 1. The average Bonchev–Trinajstić information content (AvgIpc) is 2.80. The highest BCUT2D eigenvalue weighted by molar-refractivity contribution is 5.93. The van der Waals surface area contributed by atoms with Gasteiger partial charge in [-0.15, -0.1) is 0 Å². The third-order valence-electron chi connectivity index (χ3n) is 5.20. The van der Waals surface area contributed by atoms with E-state index < -0.39 is 11.9 Å². The smallest absolute Gasteiger partial charge is 0.306 e. The number of nitrogens with one attached hydrogen (secondary N) is 1. The maximum Gasteiger partial charge on any atom is 0.306 e. The molecule has 1 amide bonds. The van der Waals surface area contributed by atoms with Crippen LogP contribution in [0.4, 0.5) is 10.1 Å². The minimum absolute atomic E-state index is 0.136. The quantitative estimate of drug-likeness (QED) is 0.428. The van der Waals surface area contributed by atoms with Crippen LogP contribution in [0.3, 0.4) is 0 Å². The molecular weight excluding hydrogens is 425 g/mol. The van der Waals surface area contributed by atoms with Crippen molar-refractivity contribution in [2.45, 2.75) is 26.2 Å². The fourth-order valence-corrected chi connectivity index (χ4v) is 3.36. The van der Waals surface area contributed by atoms with Gasteiger partial charge in [0.1, 0.15) is 23.1 Å². The van der Waals surface area contributed by atoms with Gasteiger partial charge in [0, 0.05) is 0 Å². The Morgan fingerprint density at radius 1 is 0.970 bits per heavy atom. The van der Waals surface area contributed by atoms with Crippen molar-refractivity contribution in [3.8, 4) is 17.2 Å². The first kappa shape index (κ1) is 23.8. The Balaban J connectivity index is 1.64. The summed E-state index contributed by atoms with van der Waals surface area (Å²) >= 11 is 0. The number of ether oxygens (including phenoxy) is 2. The van der Waals surface area contributed by atoms with Crippen molar-refractivity contribution in [1.29, 1.82) is 0 Å². The molecule has 1 atom stereocenters. The molecule has 3 rings (SSSR count).